The molecule has 0 saturated heterocycles. The Kier molecular flexibility index (Phi) is 4.73. The summed E-state index contributed by atoms with van der Waals surface area (Å²) in [7, 11) is 0. The monoisotopic (exact) mass is 426 g/mol. The second-order valence-corrected chi connectivity index (χ2v) is 6.97. The third-order valence-electron chi connectivity index (χ3n) is 3.98. The van der Waals surface area contributed by atoms with Gasteiger partial charge in [0.25, 0.3) is 0 Å². The summed E-state index contributed by atoms with van der Waals surface area (Å²) in [6.07, 6.45) is 1.50. The maximum atomic E-state index is 9.65. The first-order valence-corrected chi connectivity index (χ1v) is 8.81. The van der Waals surface area contributed by atoms with Crippen molar-refractivity contribution >= 4 is 67.7 Å². The third kappa shape index (κ3) is 2.56. The molecule has 1 aromatic carbocycles. The number of hydrogen-bond acceptors (Lipinski definition) is 4. The normalized spacial score (nSPS) is 14.9. The second kappa shape index (κ2) is 6.43. The van der Waals surface area contributed by atoms with E-state index in [9.17, 15) is 5.11 Å². The number of aliphatic hydroxyl groups is 1. The fourth-order valence-electron chi connectivity index (χ4n) is 2.87. The summed E-state index contributed by atoms with van der Waals surface area (Å²) >= 11 is 7.35. The zero-order chi connectivity index (χ0) is 15.9. The quantitative estimate of drug-likeness (QED) is 0.622. The van der Waals surface area contributed by atoms with Gasteiger partial charge in [-0.25, -0.2) is 0 Å². The number of benzene rings is 1. The Bertz CT molecular complexity index is 746. The first-order valence-electron chi connectivity index (χ1n) is 7.23. The molecule has 0 radical (unpaired) electrons. The van der Waals surface area contributed by atoms with E-state index >= 15 is 0 Å². The molecule has 0 amide bonds. The molecule has 2 heterocycles. The van der Waals surface area contributed by atoms with Gasteiger partial charge in [-0.2, -0.15) is 0 Å². The van der Waals surface area contributed by atoms with E-state index in [0.717, 1.165) is 50.8 Å². The molecule has 1 aromatic heterocycles. The van der Waals surface area contributed by atoms with E-state index in [2.05, 4.69) is 48.2 Å². The summed E-state index contributed by atoms with van der Waals surface area (Å²) in [6.45, 7) is 7.27. The number of nitrogens with two attached hydrogens (primary N) is 1. The number of aromatic nitrogens is 2. The van der Waals surface area contributed by atoms with Crippen molar-refractivity contribution in [3.05, 3.63) is 14.5 Å². The van der Waals surface area contributed by atoms with Gasteiger partial charge in [0.2, 0.25) is 0 Å². The van der Waals surface area contributed by atoms with Crippen molar-refractivity contribution in [2.45, 2.75) is 25.5 Å². The first kappa shape index (κ1) is 16.2. The van der Waals surface area contributed by atoms with E-state index in [1.165, 1.54) is 5.56 Å². The van der Waals surface area contributed by atoms with Crippen LogP contribution < -0.4 is 16.5 Å². The minimum absolute atomic E-state index is 0.230. The Morgan fingerprint density at radius 2 is 2.23 bits per heavy atom. The van der Waals surface area contributed by atoms with E-state index in [4.69, 9.17) is 10.7 Å². The Hall–Kier alpha value is -0.695. The van der Waals surface area contributed by atoms with Crippen LogP contribution in [-0.2, 0) is 13.0 Å². The van der Waals surface area contributed by atoms with Gasteiger partial charge in [0.1, 0.15) is 0 Å². The van der Waals surface area contributed by atoms with Gasteiger partial charge in [0, 0.05) is 0 Å². The molecular formula is C14H17BBr2N4O. The van der Waals surface area contributed by atoms with E-state index in [1.807, 2.05) is 6.92 Å². The topological polar surface area (TPSA) is 76.1 Å². The van der Waals surface area contributed by atoms with Gasteiger partial charge >= 0.3 is 146 Å². The molecule has 0 bridgehead atoms. The average molecular weight is 428 g/mol. The molecule has 116 valence electrons. The van der Waals surface area contributed by atoms with Crippen LogP contribution in [0.4, 0.5) is 5.95 Å². The summed E-state index contributed by atoms with van der Waals surface area (Å²) in [4.78, 5) is 4.72. The zero-order valence-electron chi connectivity index (χ0n) is 12.1. The zero-order valence-corrected chi connectivity index (χ0v) is 15.2. The van der Waals surface area contributed by atoms with Crippen molar-refractivity contribution in [3.8, 4) is 0 Å². The molecule has 1 aliphatic heterocycles. The first-order chi connectivity index (χ1) is 10.6. The fraction of sp³-hybridized carbons (Fsp3) is 0.429. The molecule has 1 unspecified atom stereocenters. The summed E-state index contributed by atoms with van der Waals surface area (Å²) < 4.78 is 4.20. The molecule has 0 saturated carbocycles. The molecule has 22 heavy (non-hydrogen) atoms. The molecule has 4 N–H and O–H groups in total. The Morgan fingerprint density at radius 1 is 1.45 bits per heavy atom. The maximum absolute atomic E-state index is 9.65. The minimum atomic E-state index is -0.574. The van der Waals surface area contributed by atoms with Gasteiger partial charge in [-0.05, 0) is 0 Å². The van der Waals surface area contributed by atoms with Gasteiger partial charge in [0.05, 0.1) is 0 Å². The van der Waals surface area contributed by atoms with Crippen molar-refractivity contribution in [2.75, 3.05) is 18.4 Å². The molecule has 2 aromatic rings. The molecule has 1 aliphatic rings. The molecule has 5 nitrogen and oxygen atoms in total. The third-order valence-corrected chi connectivity index (χ3v) is 5.69. The van der Waals surface area contributed by atoms with Crippen LogP contribution >= 0.6 is 31.9 Å². The van der Waals surface area contributed by atoms with Crippen LogP contribution in [0.25, 0.3) is 11.0 Å². The number of anilines is 1. The number of aliphatic hydroxyl groups excluding tert-OH is 1. The number of halogens is 2. The average Bonchev–Trinajstić information content (AvgIpc) is 2.91. The summed E-state index contributed by atoms with van der Waals surface area (Å²) in [5.74, 6) is 0.775. The van der Waals surface area contributed by atoms with E-state index < -0.39 is 6.10 Å². The molecular weight excluding hydrogens is 411 g/mol. The predicted molar refractivity (Wildman–Crippen MR) is 99.5 cm³/mol. The van der Waals surface area contributed by atoms with Gasteiger partial charge in [0.15, 0.2) is 0 Å². The summed E-state index contributed by atoms with van der Waals surface area (Å²) in [5.41, 5.74) is 9.82. The van der Waals surface area contributed by atoms with Crippen molar-refractivity contribution < 1.29 is 5.11 Å². The van der Waals surface area contributed by atoms with Gasteiger partial charge in [-0.1, -0.05) is 0 Å². The standard InChI is InChI=1S/C14H17BBr2N4O/c1-15-9-10(16)8-3-2-4-21-13(8)12(11(9)17)20-14(21)19-6-7(22)5-18/h7,22H,1-6,18H2,(H,19,20). The molecule has 0 fully saturated rings. The molecule has 3 rings (SSSR count). The van der Waals surface area contributed by atoms with Crippen LogP contribution in [0, 0.1) is 0 Å². The Labute approximate surface area is 146 Å². The molecule has 0 spiro atoms. The van der Waals surface area contributed by atoms with Crippen LogP contribution in [0.3, 0.4) is 0 Å². The fourth-order valence-corrected chi connectivity index (χ4v) is 4.52. The van der Waals surface area contributed by atoms with Crippen LogP contribution in [0.1, 0.15) is 12.0 Å². The number of nitrogens with one attached hydrogen (secondary N) is 1. The number of nitrogens with zero attached hydrogens (tertiary/aromatic N) is 2. The van der Waals surface area contributed by atoms with Crippen molar-refractivity contribution in [1.29, 1.82) is 0 Å². The number of aryl methyl sites for hydroxylation is 2. The SMILES string of the molecule is C=Bc1c(Br)c2c3c(nc(NCC(O)CN)n3CCC2)c1Br. The van der Waals surface area contributed by atoms with E-state index in [0.29, 0.717) is 6.54 Å². The summed E-state index contributed by atoms with van der Waals surface area (Å²) in [6, 6.07) is 0. The van der Waals surface area contributed by atoms with Crippen molar-refractivity contribution in [3.63, 3.8) is 0 Å². The second-order valence-electron chi connectivity index (χ2n) is 5.38. The van der Waals surface area contributed by atoms with Crippen LogP contribution in [0.2, 0.25) is 0 Å². The summed E-state index contributed by atoms with van der Waals surface area (Å²) in [5, 5.41) is 12.9. The van der Waals surface area contributed by atoms with Crippen molar-refractivity contribution in [2.24, 2.45) is 5.73 Å². The van der Waals surface area contributed by atoms with Gasteiger partial charge in [-0.15, -0.1) is 0 Å². The van der Waals surface area contributed by atoms with Crippen molar-refractivity contribution in [1.82, 2.24) is 9.55 Å². The van der Waals surface area contributed by atoms with Gasteiger partial charge in [-0.3, -0.25) is 0 Å². The molecule has 0 aliphatic carbocycles. The predicted octanol–water partition coefficient (Wildman–Crippen LogP) is 1.00. The molecule has 8 heteroatoms. The van der Waals surface area contributed by atoms with E-state index in [-0.39, 0.29) is 6.54 Å². The Morgan fingerprint density at radius 3 is 2.91 bits per heavy atom. The number of imidazole rings is 1. The van der Waals surface area contributed by atoms with Crippen LogP contribution in [0.5, 0.6) is 0 Å². The Balaban J connectivity index is 2.16. The molecule has 1 atom stereocenters. The number of rotatable bonds is 5. The van der Waals surface area contributed by atoms with Crippen LogP contribution in [0.15, 0.2) is 8.95 Å². The number of hydrogen-bond donors (Lipinski definition) is 3. The van der Waals surface area contributed by atoms with Gasteiger partial charge < -0.3 is 0 Å². The van der Waals surface area contributed by atoms with E-state index in [1.54, 1.807) is 0 Å². The van der Waals surface area contributed by atoms with Crippen LogP contribution in [-0.4, -0.2) is 47.2 Å².